The fourth-order valence-corrected chi connectivity index (χ4v) is 2.01. The number of carbonyl (C=O) groups is 1. The van der Waals surface area contributed by atoms with Crippen LogP contribution in [0.4, 0.5) is 5.69 Å². The fraction of sp³-hybridized carbons (Fsp3) is 0.462. The highest BCUT2D eigenvalue weighted by Crippen LogP contribution is 2.36. The maximum absolute atomic E-state index is 11.1. The van der Waals surface area contributed by atoms with Gasteiger partial charge in [0.1, 0.15) is 19.0 Å². The Morgan fingerprint density at radius 3 is 2.47 bits per heavy atom. The third-order valence-electron chi connectivity index (χ3n) is 2.73. The zero-order chi connectivity index (χ0) is 12.4. The molecule has 1 heterocycles. The van der Waals surface area contributed by atoms with Crippen molar-refractivity contribution in [3.63, 3.8) is 0 Å². The van der Waals surface area contributed by atoms with Crippen LogP contribution in [-0.2, 0) is 4.79 Å². The SMILES string of the molecule is CC(=O)CN(C)c1cc2c(cc1C)OCCO2. The van der Waals surface area contributed by atoms with Crippen molar-refractivity contribution in [1.82, 2.24) is 0 Å². The normalized spacial score (nSPS) is 13.4. The largest absolute Gasteiger partial charge is 0.486 e. The Morgan fingerprint density at radius 1 is 1.29 bits per heavy atom. The molecule has 0 amide bonds. The molecule has 0 saturated carbocycles. The summed E-state index contributed by atoms with van der Waals surface area (Å²) in [5.41, 5.74) is 2.09. The second-order valence-electron chi connectivity index (χ2n) is 4.34. The predicted molar refractivity (Wildman–Crippen MR) is 66.1 cm³/mol. The van der Waals surface area contributed by atoms with Crippen molar-refractivity contribution < 1.29 is 14.3 Å². The number of ketones is 1. The van der Waals surface area contributed by atoms with Crippen molar-refractivity contribution in [2.24, 2.45) is 0 Å². The summed E-state index contributed by atoms with van der Waals surface area (Å²) in [7, 11) is 1.90. The lowest BCUT2D eigenvalue weighted by Gasteiger charge is -2.24. The maximum atomic E-state index is 11.1. The minimum absolute atomic E-state index is 0.141. The molecule has 1 aromatic rings. The molecule has 0 saturated heterocycles. The summed E-state index contributed by atoms with van der Waals surface area (Å²) < 4.78 is 11.0. The van der Waals surface area contributed by atoms with Crippen LogP contribution in [0.15, 0.2) is 12.1 Å². The lowest BCUT2D eigenvalue weighted by molar-refractivity contribution is -0.115. The van der Waals surface area contributed by atoms with Crippen LogP contribution in [-0.4, -0.2) is 32.6 Å². The fourth-order valence-electron chi connectivity index (χ4n) is 2.01. The van der Waals surface area contributed by atoms with Crippen LogP contribution in [0.2, 0.25) is 0 Å². The van der Waals surface area contributed by atoms with Crippen LogP contribution in [0.3, 0.4) is 0 Å². The summed E-state index contributed by atoms with van der Waals surface area (Å²) in [6.07, 6.45) is 0. The molecule has 92 valence electrons. The van der Waals surface area contributed by atoms with E-state index in [4.69, 9.17) is 9.47 Å². The molecule has 0 atom stereocenters. The van der Waals surface area contributed by atoms with Crippen LogP contribution in [0.5, 0.6) is 11.5 Å². The molecular formula is C13H17NO3. The van der Waals surface area contributed by atoms with Crippen molar-refractivity contribution in [3.8, 4) is 11.5 Å². The molecule has 1 aliphatic heterocycles. The van der Waals surface area contributed by atoms with E-state index in [0.717, 1.165) is 22.7 Å². The average Bonchev–Trinajstić information content (AvgIpc) is 2.27. The van der Waals surface area contributed by atoms with E-state index in [-0.39, 0.29) is 5.78 Å². The van der Waals surface area contributed by atoms with E-state index in [9.17, 15) is 4.79 Å². The van der Waals surface area contributed by atoms with Crippen molar-refractivity contribution in [3.05, 3.63) is 17.7 Å². The van der Waals surface area contributed by atoms with E-state index < -0.39 is 0 Å². The van der Waals surface area contributed by atoms with Gasteiger partial charge in [0, 0.05) is 18.8 Å². The summed E-state index contributed by atoms with van der Waals surface area (Å²) in [5, 5.41) is 0. The Kier molecular flexibility index (Phi) is 3.22. The summed E-state index contributed by atoms with van der Waals surface area (Å²) >= 11 is 0. The molecule has 1 aliphatic rings. The van der Waals surface area contributed by atoms with Crippen molar-refractivity contribution in [1.29, 1.82) is 0 Å². The van der Waals surface area contributed by atoms with Gasteiger partial charge in [-0.1, -0.05) is 0 Å². The van der Waals surface area contributed by atoms with Gasteiger partial charge in [0.15, 0.2) is 11.5 Å². The number of anilines is 1. The zero-order valence-electron chi connectivity index (χ0n) is 10.4. The number of hydrogen-bond acceptors (Lipinski definition) is 4. The molecule has 0 spiro atoms. The lowest BCUT2D eigenvalue weighted by Crippen LogP contribution is -2.25. The topological polar surface area (TPSA) is 38.8 Å². The molecule has 0 unspecified atom stereocenters. The second kappa shape index (κ2) is 4.65. The third-order valence-corrected chi connectivity index (χ3v) is 2.73. The van der Waals surface area contributed by atoms with Crippen LogP contribution in [0, 0.1) is 6.92 Å². The van der Waals surface area contributed by atoms with E-state index in [1.807, 2.05) is 31.0 Å². The predicted octanol–water partition coefficient (Wildman–Crippen LogP) is 1.79. The number of nitrogens with zero attached hydrogens (tertiary/aromatic N) is 1. The van der Waals surface area contributed by atoms with E-state index in [1.165, 1.54) is 0 Å². The Labute approximate surface area is 101 Å². The van der Waals surface area contributed by atoms with Gasteiger partial charge in [-0.05, 0) is 25.5 Å². The molecule has 1 aromatic carbocycles. The standard InChI is InChI=1S/C13H17NO3/c1-9-6-12-13(17-5-4-16-12)7-11(9)14(3)8-10(2)15/h6-7H,4-5,8H2,1-3H3. The number of likely N-dealkylation sites (N-methyl/N-ethyl adjacent to an activating group) is 1. The molecule has 0 fully saturated rings. The van der Waals surface area contributed by atoms with Crippen LogP contribution < -0.4 is 14.4 Å². The number of carbonyl (C=O) groups excluding carboxylic acids is 1. The molecular weight excluding hydrogens is 218 g/mol. The first-order valence-corrected chi connectivity index (χ1v) is 5.69. The number of aryl methyl sites for hydroxylation is 1. The number of Topliss-reactive ketones (excluding diaryl/α,β-unsaturated/α-hetero) is 1. The summed E-state index contributed by atoms with van der Waals surface area (Å²) in [6, 6.07) is 3.90. The second-order valence-corrected chi connectivity index (χ2v) is 4.34. The van der Waals surface area contributed by atoms with Gasteiger partial charge in [-0.25, -0.2) is 0 Å². The highest BCUT2D eigenvalue weighted by molar-refractivity contribution is 5.81. The Bertz CT molecular complexity index is 443. The Balaban J connectivity index is 2.31. The molecule has 17 heavy (non-hydrogen) atoms. The minimum atomic E-state index is 0.141. The molecule has 0 aromatic heterocycles. The highest BCUT2D eigenvalue weighted by atomic mass is 16.6. The monoisotopic (exact) mass is 235 g/mol. The van der Waals surface area contributed by atoms with E-state index >= 15 is 0 Å². The molecule has 0 aliphatic carbocycles. The van der Waals surface area contributed by atoms with Gasteiger partial charge < -0.3 is 14.4 Å². The average molecular weight is 235 g/mol. The van der Waals surface area contributed by atoms with Crippen LogP contribution >= 0.6 is 0 Å². The van der Waals surface area contributed by atoms with Crippen molar-refractivity contribution in [2.75, 3.05) is 31.7 Å². The molecule has 0 bridgehead atoms. The van der Waals surface area contributed by atoms with Gasteiger partial charge in [0.2, 0.25) is 0 Å². The maximum Gasteiger partial charge on any atom is 0.163 e. The summed E-state index contributed by atoms with van der Waals surface area (Å²) in [6.45, 7) is 5.16. The summed E-state index contributed by atoms with van der Waals surface area (Å²) in [5.74, 6) is 1.68. The smallest absolute Gasteiger partial charge is 0.163 e. The number of rotatable bonds is 3. The lowest BCUT2D eigenvalue weighted by atomic mass is 10.1. The van der Waals surface area contributed by atoms with Crippen LogP contribution in [0.25, 0.3) is 0 Å². The van der Waals surface area contributed by atoms with E-state index in [1.54, 1.807) is 6.92 Å². The van der Waals surface area contributed by atoms with Gasteiger partial charge in [-0.15, -0.1) is 0 Å². The zero-order valence-corrected chi connectivity index (χ0v) is 10.4. The number of ether oxygens (including phenoxy) is 2. The van der Waals surface area contributed by atoms with Gasteiger partial charge in [0.05, 0.1) is 6.54 Å². The van der Waals surface area contributed by atoms with Gasteiger partial charge in [0.25, 0.3) is 0 Å². The number of hydrogen-bond donors (Lipinski definition) is 0. The molecule has 4 nitrogen and oxygen atoms in total. The van der Waals surface area contributed by atoms with Gasteiger partial charge >= 0.3 is 0 Å². The highest BCUT2D eigenvalue weighted by Gasteiger charge is 2.16. The van der Waals surface area contributed by atoms with Crippen LogP contribution in [0.1, 0.15) is 12.5 Å². The van der Waals surface area contributed by atoms with Gasteiger partial charge in [-0.2, -0.15) is 0 Å². The summed E-state index contributed by atoms with van der Waals surface area (Å²) in [4.78, 5) is 13.1. The Hall–Kier alpha value is -1.71. The van der Waals surface area contributed by atoms with E-state index in [0.29, 0.717) is 19.8 Å². The first kappa shape index (κ1) is 11.8. The van der Waals surface area contributed by atoms with Crippen molar-refractivity contribution >= 4 is 11.5 Å². The number of benzene rings is 1. The molecule has 2 rings (SSSR count). The molecule has 0 N–H and O–H groups in total. The molecule has 0 radical (unpaired) electrons. The van der Waals surface area contributed by atoms with E-state index in [2.05, 4.69) is 0 Å². The molecule has 4 heteroatoms. The minimum Gasteiger partial charge on any atom is -0.486 e. The first-order chi connectivity index (χ1) is 8.08. The quantitative estimate of drug-likeness (QED) is 0.800. The third kappa shape index (κ3) is 2.52. The van der Waals surface area contributed by atoms with Gasteiger partial charge in [-0.3, -0.25) is 4.79 Å². The number of fused-ring (bicyclic) bond motifs is 1. The first-order valence-electron chi connectivity index (χ1n) is 5.69. The van der Waals surface area contributed by atoms with Crippen molar-refractivity contribution in [2.45, 2.75) is 13.8 Å². The Morgan fingerprint density at radius 2 is 1.88 bits per heavy atom.